The molecule has 2 rings (SSSR count). The fraction of sp³-hybridized carbons (Fsp3) is 0.214. The highest BCUT2D eigenvalue weighted by molar-refractivity contribution is 6.32. The van der Waals surface area contributed by atoms with E-state index in [2.05, 4.69) is 4.98 Å². The van der Waals surface area contributed by atoms with Crippen molar-refractivity contribution in [1.29, 1.82) is 0 Å². The number of benzene rings is 1. The molecular formula is C14H11NO6-2. The maximum atomic E-state index is 11.1. The van der Waals surface area contributed by atoms with E-state index in [1.165, 1.54) is 6.20 Å². The molecule has 21 heavy (non-hydrogen) atoms. The van der Waals surface area contributed by atoms with Crippen molar-refractivity contribution in [1.82, 2.24) is 4.98 Å². The number of aliphatic carboxylic acids is 2. The number of fused-ring (bicyclic) bond motifs is 1. The van der Waals surface area contributed by atoms with E-state index in [1.807, 2.05) is 0 Å². The number of carboxylic acid groups (broad SMARTS) is 2. The van der Waals surface area contributed by atoms with Gasteiger partial charge in [-0.05, 0) is 11.6 Å². The molecule has 7 heteroatoms. The molecule has 110 valence electrons. The molecule has 7 nitrogen and oxygen atoms in total. The number of para-hydroxylation sites is 1. The molecule has 2 aromatic rings. The molecule has 1 unspecified atom stereocenters. The van der Waals surface area contributed by atoms with Gasteiger partial charge in [0.2, 0.25) is 0 Å². The van der Waals surface area contributed by atoms with Gasteiger partial charge in [0.1, 0.15) is 11.6 Å². The highest BCUT2D eigenvalue weighted by atomic mass is 16.4. The summed E-state index contributed by atoms with van der Waals surface area (Å²) >= 11 is 0. The number of rotatable bonds is 6. The van der Waals surface area contributed by atoms with E-state index in [4.69, 9.17) is 0 Å². The van der Waals surface area contributed by atoms with Gasteiger partial charge in [-0.25, -0.2) is 0 Å². The Morgan fingerprint density at radius 3 is 2.48 bits per heavy atom. The smallest absolute Gasteiger partial charge is 0.181 e. The molecule has 0 radical (unpaired) electrons. The summed E-state index contributed by atoms with van der Waals surface area (Å²) in [5.74, 6) is -5.46. The molecule has 1 aromatic heterocycles. The van der Waals surface area contributed by atoms with Gasteiger partial charge in [0.05, 0.1) is 5.97 Å². The first kappa shape index (κ1) is 14.7. The number of aromatic nitrogens is 1. The summed E-state index contributed by atoms with van der Waals surface area (Å²) in [5, 5.41) is 32.2. The van der Waals surface area contributed by atoms with Crippen LogP contribution in [0.2, 0.25) is 0 Å². The van der Waals surface area contributed by atoms with Crippen LogP contribution in [0.15, 0.2) is 30.5 Å². The normalized spacial score (nSPS) is 13.8. The zero-order valence-corrected chi connectivity index (χ0v) is 10.8. The largest absolute Gasteiger partial charge is 0.547 e. The molecule has 1 atom stereocenters. The summed E-state index contributed by atoms with van der Waals surface area (Å²) < 4.78 is 0. The first-order chi connectivity index (χ1) is 9.83. The number of hydrogen-bond donors (Lipinski definition) is 2. The molecule has 0 aliphatic heterocycles. The first-order valence-electron chi connectivity index (χ1n) is 6.06. The van der Waals surface area contributed by atoms with E-state index in [9.17, 15) is 29.7 Å². The van der Waals surface area contributed by atoms with E-state index in [1.54, 1.807) is 24.3 Å². The Kier molecular flexibility index (Phi) is 3.77. The molecule has 1 heterocycles. The number of nitrogens with one attached hydrogen (secondary N) is 1. The van der Waals surface area contributed by atoms with Crippen LogP contribution in [0.1, 0.15) is 12.0 Å². The maximum Gasteiger partial charge on any atom is 0.181 e. The lowest BCUT2D eigenvalue weighted by Crippen LogP contribution is -2.52. The lowest BCUT2D eigenvalue weighted by atomic mass is 9.89. The number of H-pyrrole nitrogens is 1. The summed E-state index contributed by atoms with van der Waals surface area (Å²) in [6, 6.07) is 6.96. The standard InChI is InChI=1S/C14H13NO6/c16-11(12(17)18)6-14(21,13(19)20)5-8-7-15-10-4-2-1-3-9(8)10/h1-4,7,15,21H,5-6H2,(H,17,18)(H,19,20)/p-2. The molecule has 0 bridgehead atoms. The topological polar surface area (TPSA) is 133 Å². The number of Topliss-reactive ketones (excluding diaryl/α,β-unsaturated/α-hetero) is 1. The molecule has 2 N–H and O–H groups in total. The highest BCUT2D eigenvalue weighted by Gasteiger charge is 2.33. The highest BCUT2D eigenvalue weighted by Crippen LogP contribution is 2.24. The summed E-state index contributed by atoms with van der Waals surface area (Å²) in [6.45, 7) is 0. The number of aliphatic hydroxyl groups is 1. The SMILES string of the molecule is O=C([O-])C(=O)CC(O)(Cc1c[nH]c2ccccc12)C(=O)[O-]. The van der Waals surface area contributed by atoms with E-state index in [0.29, 0.717) is 10.9 Å². The zero-order chi connectivity index (χ0) is 15.6. The lowest BCUT2D eigenvalue weighted by Gasteiger charge is -2.28. The van der Waals surface area contributed by atoms with Crippen molar-refractivity contribution in [3.05, 3.63) is 36.0 Å². The van der Waals surface area contributed by atoms with Crippen molar-refractivity contribution >= 4 is 28.6 Å². The number of aromatic amines is 1. The fourth-order valence-corrected chi connectivity index (χ4v) is 2.14. The van der Waals surface area contributed by atoms with E-state index >= 15 is 0 Å². The van der Waals surface area contributed by atoms with Crippen LogP contribution in [-0.4, -0.2) is 33.4 Å². The van der Waals surface area contributed by atoms with Gasteiger partial charge < -0.3 is 29.9 Å². The third-order valence-corrected chi connectivity index (χ3v) is 3.22. The number of carbonyl (C=O) groups excluding carboxylic acids is 3. The number of ketones is 1. The Labute approximate surface area is 118 Å². The van der Waals surface area contributed by atoms with Crippen molar-refractivity contribution in [2.24, 2.45) is 0 Å². The fourth-order valence-electron chi connectivity index (χ4n) is 2.14. The van der Waals surface area contributed by atoms with E-state index in [0.717, 1.165) is 5.52 Å². The van der Waals surface area contributed by atoms with Crippen LogP contribution in [0.3, 0.4) is 0 Å². The van der Waals surface area contributed by atoms with Crippen LogP contribution in [-0.2, 0) is 20.8 Å². The molecule has 0 saturated heterocycles. The van der Waals surface area contributed by atoms with E-state index in [-0.39, 0.29) is 0 Å². The molecule has 0 spiro atoms. The molecular weight excluding hydrogens is 278 g/mol. The third-order valence-electron chi connectivity index (χ3n) is 3.22. The van der Waals surface area contributed by atoms with Gasteiger partial charge in [0.25, 0.3) is 0 Å². The number of carbonyl (C=O) groups is 3. The molecule has 0 aliphatic carbocycles. The first-order valence-corrected chi connectivity index (χ1v) is 6.06. The monoisotopic (exact) mass is 289 g/mol. The van der Waals surface area contributed by atoms with Crippen LogP contribution in [0, 0.1) is 0 Å². The van der Waals surface area contributed by atoms with Crippen molar-refractivity contribution in [2.75, 3.05) is 0 Å². The Hall–Kier alpha value is -2.67. The summed E-state index contributed by atoms with van der Waals surface area (Å²) in [6.07, 6.45) is -0.0857. The second-order valence-electron chi connectivity index (χ2n) is 4.74. The Bertz CT molecular complexity index is 719. The van der Waals surface area contributed by atoms with Gasteiger partial charge in [0, 0.05) is 29.9 Å². The third kappa shape index (κ3) is 2.92. The van der Waals surface area contributed by atoms with Crippen molar-refractivity contribution in [3.63, 3.8) is 0 Å². The van der Waals surface area contributed by atoms with Crippen LogP contribution in [0.4, 0.5) is 0 Å². The Morgan fingerprint density at radius 1 is 1.19 bits per heavy atom. The average Bonchev–Trinajstić information content (AvgIpc) is 2.81. The van der Waals surface area contributed by atoms with Gasteiger partial charge in [-0.2, -0.15) is 0 Å². The van der Waals surface area contributed by atoms with Gasteiger partial charge in [-0.15, -0.1) is 0 Å². The minimum absolute atomic E-state index is 0.434. The zero-order valence-electron chi connectivity index (χ0n) is 10.8. The molecule has 0 fully saturated rings. The minimum atomic E-state index is -2.61. The predicted octanol–water partition coefficient (Wildman–Crippen LogP) is -2.10. The second-order valence-corrected chi connectivity index (χ2v) is 4.74. The Balaban J connectivity index is 2.34. The van der Waals surface area contributed by atoms with Crippen molar-refractivity contribution < 1.29 is 29.7 Å². The van der Waals surface area contributed by atoms with Crippen LogP contribution < -0.4 is 10.2 Å². The van der Waals surface area contributed by atoms with Gasteiger partial charge >= 0.3 is 0 Å². The minimum Gasteiger partial charge on any atom is -0.547 e. The van der Waals surface area contributed by atoms with Gasteiger partial charge in [0.15, 0.2) is 5.78 Å². The maximum absolute atomic E-state index is 11.1. The molecule has 0 saturated carbocycles. The second kappa shape index (κ2) is 5.37. The number of hydrogen-bond acceptors (Lipinski definition) is 6. The predicted molar refractivity (Wildman–Crippen MR) is 66.6 cm³/mol. The van der Waals surface area contributed by atoms with E-state index < -0.39 is 36.2 Å². The Morgan fingerprint density at radius 2 is 1.86 bits per heavy atom. The quantitative estimate of drug-likeness (QED) is 0.585. The molecule has 0 aliphatic rings. The van der Waals surface area contributed by atoms with Crippen molar-refractivity contribution in [3.8, 4) is 0 Å². The van der Waals surface area contributed by atoms with Crippen LogP contribution in [0.5, 0.6) is 0 Å². The summed E-state index contributed by atoms with van der Waals surface area (Å²) in [4.78, 5) is 35.5. The van der Waals surface area contributed by atoms with Crippen molar-refractivity contribution in [2.45, 2.75) is 18.4 Å². The number of carboxylic acids is 2. The summed E-state index contributed by atoms with van der Waals surface area (Å²) in [7, 11) is 0. The summed E-state index contributed by atoms with van der Waals surface area (Å²) in [5.41, 5.74) is -1.45. The van der Waals surface area contributed by atoms with Crippen LogP contribution >= 0.6 is 0 Å². The lowest BCUT2D eigenvalue weighted by molar-refractivity contribution is -0.325. The molecule has 1 aromatic carbocycles. The van der Waals surface area contributed by atoms with Gasteiger partial charge in [-0.3, -0.25) is 4.79 Å². The van der Waals surface area contributed by atoms with Crippen LogP contribution in [0.25, 0.3) is 10.9 Å². The average molecular weight is 289 g/mol. The molecule has 0 amide bonds. The van der Waals surface area contributed by atoms with Gasteiger partial charge in [-0.1, -0.05) is 18.2 Å².